The van der Waals surface area contributed by atoms with E-state index in [1.54, 1.807) is 0 Å². The van der Waals surface area contributed by atoms with Gasteiger partial charge in [-0.05, 0) is 12.1 Å². The Morgan fingerprint density at radius 1 is 1.11 bits per heavy atom. The van der Waals surface area contributed by atoms with Crippen molar-refractivity contribution in [3.8, 4) is 5.88 Å². The summed E-state index contributed by atoms with van der Waals surface area (Å²) in [6.07, 6.45) is 0. The fourth-order valence-electron chi connectivity index (χ4n) is 2.55. The molecule has 0 atom stereocenters. The van der Waals surface area contributed by atoms with Crippen molar-refractivity contribution < 1.29 is 19.7 Å². The first-order valence-electron chi connectivity index (χ1n) is 7.56. The summed E-state index contributed by atoms with van der Waals surface area (Å²) >= 11 is 5.88. The van der Waals surface area contributed by atoms with E-state index in [0.717, 1.165) is 18.2 Å². The number of benzene rings is 2. The number of azo groups is 1. The third-order valence-corrected chi connectivity index (χ3v) is 4.28. The second-order valence-corrected chi connectivity index (χ2v) is 6.02. The molecule has 0 unspecified atom stereocenters. The van der Waals surface area contributed by atoms with Crippen molar-refractivity contribution in [1.82, 2.24) is 4.57 Å². The minimum absolute atomic E-state index is 0.123. The van der Waals surface area contributed by atoms with Crippen molar-refractivity contribution in [2.24, 2.45) is 17.3 Å². The molecule has 0 saturated heterocycles. The van der Waals surface area contributed by atoms with Crippen LogP contribution in [0.1, 0.15) is 10.4 Å². The van der Waals surface area contributed by atoms with E-state index in [1.165, 1.54) is 29.8 Å². The summed E-state index contributed by atoms with van der Waals surface area (Å²) in [6.45, 7) is 0. The zero-order valence-corrected chi connectivity index (χ0v) is 14.8. The molecule has 142 valence electrons. The van der Waals surface area contributed by atoms with Gasteiger partial charge in [-0.3, -0.25) is 25.0 Å². The maximum Gasteiger partial charge on any atom is 0.296 e. The van der Waals surface area contributed by atoms with Gasteiger partial charge >= 0.3 is 0 Å². The maximum absolute atomic E-state index is 12.2. The van der Waals surface area contributed by atoms with Crippen LogP contribution in [0.5, 0.6) is 5.88 Å². The smallest absolute Gasteiger partial charge is 0.296 e. The number of aromatic nitrogens is 1. The van der Waals surface area contributed by atoms with E-state index in [9.17, 15) is 30.1 Å². The van der Waals surface area contributed by atoms with Gasteiger partial charge in [-0.2, -0.15) is 0 Å². The standard InChI is InChI=1S/C16H10ClN5O6/c1-20-13-5-3-8(21(25)26)6-11(13)14(16(20)24)18-19-15(23)10-4-2-9(22(27)28)7-12(10)17/h2-7,24H,1H3. The van der Waals surface area contributed by atoms with Crippen LogP contribution < -0.4 is 0 Å². The van der Waals surface area contributed by atoms with Crippen molar-refractivity contribution in [2.45, 2.75) is 0 Å². The molecule has 0 fully saturated rings. The topological polar surface area (TPSA) is 153 Å². The number of aromatic hydroxyl groups is 1. The Morgan fingerprint density at radius 2 is 1.71 bits per heavy atom. The lowest BCUT2D eigenvalue weighted by atomic mass is 10.2. The number of aryl methyl sites for hydroxylation is 1. The quantitative estimate of drug-likeness (QED) is 0.389. The SMILES string of the molecule is Cn1c(O)c(N=NC(=O)c2ccc([N+](=O)[O-])cc2Cl)c2cc([N+](=O)[O-])ccc21. The molecule has 0 spiro atoms. The summed E-state index contributed by atoms with van der Waals surface area (Å²) in [5.41, 5.74) is -0.330. The first-order chi connectivity index (χ1) is 13.2. The Labute approximate surface area is 160 Å². The van der Waals surface area contributed by atoms with Gasteiger partial charge in [-0.25, -0.2) is 0 Å². The van der Waals surface area contributed by atoms with Crippen LogP contribution in [0.15, 0.2) is 46.6 Å². The van der Waals surface area contributed by atoms with Gasteiger partial charge < -0.3 is 9.67 Å². The monoisotopic (exact) mass is 403 g/mol. The molecule has 3 aromatic rings. The average molecular weight is 404 g/mol. The fourth-order valence-corrected chi connectivity index (χ4v) is 2.81. The second kappa shape index (κ2) is 7.04. The molecule has 1 aromatic heterocycles. The van der Waals surface area contributed by atoms with Gasteiger partial charge in [0.05, 0.1) is 25.9 Å². The van der Waals surface area contributed by atoms with Gasteiger partial charge in [0.15, 0.2) is 5.69 Å². The Kier molecular flexibility index (Phi) is 4.76. The number of hydrogen-bond acceptors (Lipinski definition) is 7. The van der Waals surface area contributed by atoms with E-state index in [4.69, 9.17) is 11.6 Å². The Hall–Kier alpha value is -3.86. The van der Waals surface area contributed by atoms with E-state index in [0.29, 0.717) is 5.52 Å². The normalized spacial score (nSPS) is 11.2. The minimum atomic E-state index is -0.901. The molecule has 12 heteroatoms. The van der Waals surface area contributed by atoms with Crippen molar-refractivity contribution >= 4 is 45.5 Å². The molecule has 0 saturated carbocycles. The van der Waals surface area contributed by atoms with Gasteiger partial charge in [0, 0.05) is 36.7 Å². The molecular formula is C16H10ClN5O6. The largest absolute Gasteiger partial charge is 0.493 e. The summed E-state index contributed by atoms with van der Waals surface area (Å²) in [5.74, 6) is -1.25. The van der Waals surface area contributed by atoms with E-state index in [-0.39, 0.29) is 38.9 Å². The first kappa shape index (κ1) is 18.9. The van der Waals surface area contributed by atoms with Crippen LogP contribution in [-0.4, -0.2) is 25.4 Å². The molecule has 2 aromatic carbocycles. The van der Waals surface area contributed by atoms with E-state index in [1.807, 2.05) is 0 Å². The van der Waals surface area contributed by atoms with Gasteiger partial charge in [-0.1, -0.05) is 11.6 Å². The molecule has 11 nitrogen and oxygen atoms in total. The van der Waals surface area contributed by atoms with Crippen LogP contribution in [-0.2, 0) is 7.05 Å². The number of nitrogens with zero attached hydrogens (tertiary/aromatic N) is 5. The zero-order valence-electron chi connectivity index (χ0n) is 14.1. The summed E-state index contributed by atoms with van der Waals surface area (Å²) < 4.78 is 1.33. The Balaban J connectivity index is 2.02. The molecule has 0 aliphatic carbocycles. The highest BCUT2D eigenvalue weighted by atomic mass is 35.5. The van der Waals surface area contributed by atoms with E-state index >= 15 is 0 Å². The fraction of sp³-hybridized carbons (Fsp3) is 0.0625. The number of hydrogen-bond donors (Lipinski definition) is 1. The lowest BCUT2D eigenvalue weighted by molar-refractivity contribution is -0.385. The Bertz CT molecular complexity index is 1190. The lowest BCUT2D eigenvalue weighted by Crippen LogP contribution is -1.96. The number of nitro benzene ring substituents is 2. The summed E-state index contributed by atoms with van der Waals surface area (Å²) in [5, 5.41) is 39.2. The van der Waals surface area contributed by atoms with Crippen LogP contribution in [0.4, 0.5) is 17.1 Å². The number of nitro groups is 2. The molecule has 0 radical (unpaired) electrons. The number of fused-ring (bicyclic) bond motifs is 1. The van der Waals surface area contributed by atoms with Gasteiger partial charge in [-0.15, -0.1) is 10.2 Å². The zero-order chi connectivity index (χ0) is 20.6. The maximum atomic E-state index is 12.2. The predicted octanol–water partition coefficient (Wildman–Crippen LogP) is 4.28. The summed E-state index contributed by atoms with van der Waals surface area (Å²) in [6, 6.07) is 7.13. The van der Waals surface area contributed by atoms with Crippen LogP contribution in [0.2, 0.25) is 5.02 Å². The van der Waals surface area contributed by atoms with Gasteiger partial charge in [0.2, 0.25) is 5.88 Å². The molecule has 0 bridgehead atoms. The number of rotatable bonds is 4. The number of carbonyl (C=O) groups excluding carboxylic acids is 1. The molecule has 0 aliphatic rings. The number of halogens is 1. The molecule has 28 heavy (non-hydrogen) atoms. The molecule has 3 rings (SSSR count). The molecule has 1 N–H and O–H groups in total. The van der Waals surface area contributed by atoms with E-state index in [2.05, 4.69) is 10.2 Å². The van der Waals surface area contributed by atoms with E-state index < -0.39 is 15.8 Å². The number of carbonyl (C=O) groups is 1. The van der Waals surface area contributed by atoms with Gasteiger partial charge in [0.25, 0.3) is 17.3 Å². The predicted molar refractivity (Wildman–Crippen MR) is 98.2 cm³/mol. The van der Waals surface area contributed by atoms with Crippen molar-refractivity contribution in [3.05, 3.63) is 67.2 Å². The minimum Gasteiger partial charge on any atom is -0.493 e. The number of non-ortho nitro benzene ring substituents is 2. The molecule has 1 heterocycles. The third kappa shape index (κ3) is 3.25. The first-order valence-corrected chi connectivity index (χ1v) is 7.94. The lowest BCUT2D eigenvalue weighted by Gasteiger charge is -1.99. The third-order valence-electron chi connectivity index (χ3n) is 3.97. The van der Waals surface area contributed by atoms with Crippen molar-refractivity contribution in [1.29, 1.82) is 0 Å². The summed E-state index contributed by atoms with van der Waals surface area (Å²) in [4.78, 5) is 32.7. The van der Waals surface area contributed by atoms with Crippen molar-refractivity contribution in [3.63, 3.8) is 0 Å². The van der Waals surface area contributed by atoms with Crippen molar-refractivity contribution in [2.75, 3.05) is 0 Å². The van der Waals surface area contributed by atoms with Crippen LogP contribution in [0.25, 0.3) is 10.9 Å². The number of amides is 1. The highest BCUT2D eigenvalue weighted by molar-refractivity contribution is 6.34. The highest BCUT2D eigenvalue weighted by Gasteiger charge is 2.19. The molecule has 1 amide bonds. The van der Waals surface area contributed by atoms with Gasteiger partial charge in [0.1, 0.15) is 0 Å². The molecular weight excluding hydrogens is 394 g/mol. The molecule has 0 aliphatic heterocycles. The average Bonchev–Trinajstić information content (AvgIpc) is 2.89. The van der Waals surface area contributed by atoms with Crippen LogP contribution in [0, 0.1) is 20.2 Å². The van der Waals surface area contributed by atoms with Crippen LogP contribution in [0.3, 0.4) is 0 Å². The highest BCUT2D eigenvalue weighted by Crippen LogP contribution is 2.39. The second-order valence-electron chi connectivity index (χ2n) is 5.62. The van der Waals surface area contributed by atoms with Crippen LogP contribution >= 0.6 is 11.6 Å². The summed E-state index contributed by atoms with van der Waals surface area (Å²) in [7, 11) is 1.51. The Morgan fingerprint density at radius 3 is 2.32 bits per heavy atom.